The van der Waals surface area contributed by atoms with E-state index in [2.05, 4.69) is 20.7 Å². The smallest absolute Gasteiger partial charge is 0.242 e. The van der Waals surface area contributed by atoms with Crippen LogP contribution in [0.15, 0.2) is 51.8 Å². The zero-order chi connectivity index (χ0) is 15.5. The molecule has 112 valence electrons. The fourth-order valence-corrected chi connectivity index (χ4v) is 3.78. The second-order valence-corrected chi connectivity index (χ2v) is 6.97. The molecule has 7 heteroatoms. The van der Waals surface area contributed by atoms with Crippen LogP contribution in [0.5, 0.6) is 0 Å². The summed E-state index contributed by atoms with van der Waals surface area (Å²) in [5.41, 5.74) is 1.01. The van der Waals surface area contributed by atoms with Gasteiger partial charge in [0.25, 0.3) is 0 Å². The minimum atomic E-state index is -3.77. The molecule has 2 N–H and O–H groups in total. The number of benzene rings is 2. The second-order valence-electron chi connectivity index (χ2n) is 4.38. The van der Waals surface area contributed by atoms with E-state index < -0.39 is 15.8 Å². The van der Waals surface area contributed by atoms with Crippen molar-refractivity contribution in [3.63, 3.8) is 0 Å². The lowest BCUT2D eigenvalue weighted by atomic mass is 10.2. The van der Waals surface area contributed by atoms with Gasteiger partial charge in [-0.05, 0) is 51.3 Å². The van der Waals surface area contributed by atoms with Crippen LogP contribution in [0.25, 0.3) is 0 Å². The molecule has 4 nitrogen and oxygen atoms in total. The third-order valence-corrected chi connectivity index (χ3v) is 5.22. The monoisotopic (exact) mass is 373 g/mol. The van der Waals surface area contributed by atoms with Gasteiger partial charge in [-0.2, -0.15) is 0 Å². The number of rotatable bonds is 5. The number of hydrogen-bond acceptors (Lipinski definition) is 3. The average molecular weight is 374 g/mol. The molecule has 0 fully saturated rings. The largest absolute Gasteiger partial charge is 0.392 e. The Morgan fingerprint density at radius 1 is 1.14 bits per heavy atom. The minimum absolute atomic E-state index is 0.0180. The lowest BCUT2D eigenvalue weighted by Crippen LogP contribution is -2.23. The number of aliphatic hydroxyl groups is 1. The van der Waals surface area contributed by atoms with E-state index in [0.29, 0.717) is 15.6 Å². The Hall–Kier alpha value is -1.28. The molecular weight excluding hydrogens is 361 g/mol. The summed E-state index contributed by atoms with van der Waals surface area (Å²) in [4.78, 5) is 0.0328. The molecule has 0 aliphatic heterocycles. The molecule has 0 bridgehead atoms. The third-order valence-electron chi connectivity index (χ3n) is 2.82. The van der Waals surface area contributed by atoms with Gasteiger partial charge < -0.3 is 5.11 Å². The lowest BCUT2D eigenvalue weighted by molar-refractivity contribution is 0.281. The number of nitrogens with one attached hydrogen (secondary N) is 1. The first-order chi connectivity index (χ1) is 9.92. The van der Waals surface area contributed by atoms with E-state index in [1.165, 1.54) is 24.3 Å². The van der Waals surface area contributed by atoms with Gasteiger partial charge in [0.05, 0.1) is 11.5 Å². The van der Waals surface area contributed by atoms with Crippen LogP contribution in [0.3, 0.4) is 0 Å². The highest BCUT2D eigenvalue weighted by Gasteiger charge is 2.18. The van der Waals surface area contributed by atoms with Gasteiger partial charge in [0, 0.05) is 11.0 Å². The molecule has 21 heavy (non-hydrogen) atoms. The molecule has 0 saturated carbocycles. The fourth-order valence-electron chi connectivity index (χ4n) is 1.76. The van der Waals surface area contributed by atoms with Crippen LogP contribution in [0.2, 0.25) is 0 Å². The van der Waals surface area contributed by atoms with Crippen molar-refractivity contribution in [3.05, 3.63) is 63.9 Å². The van der Waals surface area contributed by atoms with Crippen molar-refractivity contribution in [1.82, 2.24) is 4.72 Å². The van der Waals surface area contributed by atoms with Crippen molar-refractivity contribution in [1.29, 1.82) is 0 Å². The molecular formula is C14H13BrFNO3S. The highest BCUT2D eigenvalue weighted by atomic mass is 79.9. The van der Waals surface area contributed by atoms with Crippen molar-refractivity contribution < 1.29 is 17.9 Å². The third kappa shape index (κ3) is 4.10. The second kappa shape index (κ2) is 6.65. The van der Waals surface area contributed by atoms with Gasteiger partial charge in [0.2, 0.25) is 10.0 Å². The van der Waals surface area contributed by atoms with E-state index in [-0.39, 0.29) is 18.0 Å². The highest BCUT2D eigenvalue weighted by Crippen LogP contribution is 2.23. The van der Waals surface area contributed by atoms with Gasteiger partial charge in [0.15, 0.2) is 0 Å². The quantitative estimate of drug-likeness (QED) is 0.846. The summed E-state index contributed by atoms with van der Waals surface area (Å²) in [5, 5.41) is 9.08. The first-order valence-electron chi connectivity index (χ1n) is 6.06. The topological polar surface area (TPSA) is 66.4 Å². The molecule has 0 atom stereocenters. The summed E-state index contributed by atoms with van der Waals surface area (Å²) in [7, 11) is -3.77. The summed E-state index contributed by atoms with van der Waals surface area (Å²) in [5.74, 6) is -0.421. The minimum Gasteiger partial charge on any atom is -0.392 e. The van der Waals surface area contributed by atoms with Gasteiger partial charge in [-0.3, -0.25) is 0 Å². The Balaban J connectivity index is 2.22. The van der Waals surface area contributed by atoms with Crippen molar-refractivity contribution in [2.24, 2.45) is 0 Å². The first kappa shape index (κ1) is 16.1. The van der Waals surface area contributed by atoms with Gasteiger partial charge in [-0.15, -0.1) is 0 Å². The van der Waals surface area contributed by atoms with Crippen LogP contribution in [0.1, 0.15) is 11.1 Å². The van der Waals surface area contributed by atoms with Crippen molar-refractivity contribution in [2.45, 2.75) is 18.0 Å². The maximum atomic E-state index is 13.1. The van der Waals surface area contributed by atoms with Crippen LogP contribution in [-0.2, 0) is 23.2 Å². The predicted octanol–water partition coefficient (Wildman–Crippen LogP) is 2.56. The Labute approximate surface area is 130 Å². The van der Waals surface area contributed by atoms with Crippen LogP contribution in [0, 0.1) is 5.82 Å². The van der Waals surface area contributed by atoms with E-state index in [9.17, 15) is 12.8 Å². The molecule has 0 aromatic heterocycles. The molecule has 0 radical (unpaired) electrons. The van der Waals surface area contributed by atoms with Crippen molar-refractivity contribution >= 4 is 26.0 Å². The van der Waals surface area contributed by atoms with Crippen molar-refractivity contribution in [2.75, 3.05) is 0 Å². The van der Waals surface area contributed by atoms with E-state index in [1.54, 1.807) is 18.2 Å². The van der Waals surface area contributed by atoms with E-state index in [0.717, 1.165) is 0 Å². The maximum Gasteiger partial charge on any atom is 0.242 e. The predicted molar refractivity (Wildman–Crippen MR) is 80.5 cm³/mol. The normalized spacial score (nSPS) is 11.6. The standard InChI is InChI=1S/C14H13BrFNO3S/c15-13-5-4-11(9-18)7-14(13)21(19,20)17-8-10-2-1-3-12(16)6-10/h1-7,17-18H,8-9H2. The molecule has 0 aliphatic rings. The molecule has 2 aromatic carbocycles. The van der Waals surface area contributed by atoms with Gasteiger partial charge in [-0.25, -0.2) is 17.5 Å². The Morgan fingerprint density at radius 3 is 2.57 bits per heavy atom. The number of halogens is 2. The van der Waals surface area contributed by atoms with Crippen molar-refractivity contribution in [3.8, 4) is 0 Å². The summed E-state index contributed by atoms with van der Waals surface area (Å²) >= 11 is 3.17. The SMILES string of the molecule is O=S(=O)(NCc1cccc(F)c1)c1cc(CO)ccc1Br. The molecule has 0 aliphatic carbocycles. The molecule has 0 unspecified atom stereocenters. The zero-order valence-corrected chi connectivity index (χ0v) is 13.3. The van der Waals surface area contributed by atoms with Gasteiger partial charge in [0.1, 0.15) is 5.82 Å². The van der Waals surface area contributed by atoms with E-state index in [4.69, 9.17) is 5.11 Å². The van der Waals surface area contributed by atoms with Crippen LogP contribution >= 0.6 is 15.9 Å². The Morgan fingerprint density at radius 2 is 1.90 bits per heavy atom. The molecule has 2 rings (SSSR count). The summed E-state index contributed by atoms with van der Waals surface area (Å²) in [6.07, 6.45) is 0. The van der Waals surface area contributed by atoms with Crippen LogP contribution in [0.4, 0.5) is 4.39 Å². The van der Waals surface area contributed by atoms with Crippen LogP contribution in [-0.4, -0.2) is 13.5 Å². The highest BCUT2D eigenvalue weighted by molar-refractivity contribution is 9.10. The van der Waals surface area contributed by atoms with Crippen LogP contribution < -0.4 is 4.72 Å². The molecule has 0 heterocycles. The zero-order valence-electron chi connectivity index (χ0n) is 10.9. The molecule has 0 amide bonds. The van der Waals surface area contributed by atoms with E-state index >= 15 is 0 Å². The van der Waals surface area contributed by atoms with Gasteiger partial charge >= 0.3 is 0 Å². The summed E-state index contributed by atoms with van der Waals surface area (Å²) < 4.78 is 40.4. The number of aliphatic hydroxyl groups excluding tert-OH is 1. The fraction of sp³-hybridized carbons (Fsp3) is 0.143. The first-order valence-corrected chi connectivity index (χ1v) is 8.33. The number of hydrogen-bond donors (Lipinski definition) is 2. The summed E-state index contributed by atoms with van der Waals surface area (Å²) in [6.45, 7) is -0.268. The Kier molecular flexibility index (Phi) is 5.10. The lowest BCUT2D eigenvalue weighted by Gasteiger charge is -2.10. The average Bonchev–Trinajstić information content (AvgIpc) is 2.46. The summed E-state index contributed by atoms with van der Waals surface area (Å²) in [6, 6.07) is 10.3. The molecule has 0 spiro atoms. The van der Waals surface area contributed by atoms with E-state index in [1.807, 2.05) is 0 Å². The van der Waals surface area contributed by atoms with Gasteiger partial charge in [-0.1, -0.05) is 18.2 Å². The number of sulfonamides is 1. The maximum absolute atomic E-state index is 13.1. The Bertz CT molecular complexity index is 750. The molecule has 2 aromatic rings. The molecule has 0 saturated heterocycles.